The van der Waals surface area contributed by atoms with Crippen molar-refractivity contribution in [3.8, 4) is 17.4 Å². The fourth-order valence-corrected chi connectivity index (χ4v) is 5.18. The van der Waals surface area contributed by atoms with Crippen LogP contribution in [0.2, 0.25) is 0 Å². The van der Waals surface area contributed by atoms with Crippen molar-refractivity contribution in [3.05, 3.63) is 76.1 Å². The molecule has 29 heavy (non-hydrogen) atoms. The molecule has 0 atom stereocenters. The topological polar surface area (TPSA) is 60.5 Å². The Morgan fingerprint density at radius 3 is 2.38 bits per heavy atom. The van der Waals surface area contributed by atoms with Crippen molar-refractivity contribution in [2.24, 2.45) is 0 Å². The molecule has 5 nitrogen and oxygen atoms in total. The van der Waals surface area contributed by atoms with Gasteiger partial charge in [0.15, 0.2) is 5.56 Å². The van der Waals surface area contributed by atoms with E-state index in [9.17, 15) is 10.1 Å². The molecule has 6 heteroatoms. The SMILES string of the molecule is N#Cc1c(N2CCN(c3ccccc3)CC2)c2c(oc1=O)-c1ccccc1SC2. The molecular formula is C23H19N3O2S. The standard InChI is InChI=1S/C23H19N3O2S/c24-14-18-21(26-12-10-25(11-13-26)16-6-2-1-3-7-16)19-15-29-20-9-5-4-8-17(20)22(19)28-23(18)27/h1-9H,10-13,15H2. The van der Waals surface area contributed by atoms with E-state index in [1.54, 1.807) is 11.8 Å². The van der Waals surface area contributed by atoms with Crippen molar-refractivity contribution in [1.82, 2.24) is 0 Å². The average Bonchev–Trinajstić information content (AvgIpc) is 2.79. The maximum absolute atomic E-state index is 12.6. The van der Waals surface area contributed by atoms with E-state index >= 15 is 0 Å². The zero-order valence-corrected chi connectivity index (χ0v) is 16.6. The number of nitriles is 1. The molecule has 0 radical (unpaired) electrons. The smallest absolute Gasteiger partial charge is 0.356 e. The lowest BCUT2D eigenvalue weighted by atomic mass is 10.0. The lowest BCUT2D eigenvalue weighted by Crippen LogP contribution is -2.47. The maximum atomic E-state index is 12.6. The van der Waals surface area contributed by atoms with E-state index in [4.69, 9.17) is 4.42 Å². The van der Waals surface area contributed by atoms with Gasteiger partial charge in [0.05, 0.1) is 5.69 Å². The van der Waals surface area contributed by atoms with Crippen LogP contribution in [0.15, 0.2) is 68.7 Å². The summed E-state index contributed by atoms with van der Waals surface area (Å²) in [5.41, 5.74) is 3.42. The van der Waals surface area contributed by atoms with Gasteiger partial charge in [-0.3, -0.25) is 0 Å². The van der Waals surface area contributed by atoms with Gasteiger partial charge in [0.2, 0.25) is 0 Å². The van der Waals surface area contributed by atoms with Gasteiger partial charge in [-0.05, 0) is 18.2 Å². The Labute approximate surface area is 173 Å². The van der Waals surface area contributed by atoms with E-state index in [0.717, 1.165) is 47.9 Å². The second-order valence-corrected chi connectivity index (χ2v) is 8.14. The largest absolute Gasteiger partial charge is 0.421 e. The van der Waals surface area contributed by atoms with Crippen molar-refractivity contribution in [1.29, 1.82) is 5.26 Å². The monoisotopic (exact) mass is 401 g/mol. The lowest BCUT2D eigenvalue weighted by Gasteiger charge is -2.38. The molecule has 2 aromatic carbocycles. The molecule has 0 spiro atoms. The van der Waals surface area contributed by atoms with Crippen molar-refractivity contribution < 1.29 is 4.42 Å². The van der Waals surface area contributed by atoms with Gasteiger partial charge in [0, 0.05) is 53.6 Å². The van der Waals surface area contributed by atoms with Gasteiger partial charge < -0.3 is 14.2 Å². The fraction of sp³-hybridized carbons (Fsp3) is 0.217. The van der Waals surface area contributed by atoms with Crippen LogP contribution in [0.3, 0.4) is 0 Å². The van der Waals surface area contributed by atoms with Gasteiger partial charge >= 0.3 is 5.63 Å². The molecule has 2 aliphatic heterocycles. The number of thioether (sulfide) groups is 1. The van der Waals surface area contributed by atoms with Crippen molar-refractivity contribution in [2.45, 2.75) is 10.6 Å². The average molecular weight is 401 g/mol. The van der Waals surface area contributed by atoms with Gasteiger partial charge in [-0.2, -0.15) is 5.26 Å². The predicted octanol–water partition coefficient (Wildman–Crippen LogP) is 4.11. The summed E-state index contributed by atoms with van der Waals surface area (Å²) in [6.45, 7) is 3.19. The van der Waals surface area contributed by atoms with Gasteiger partial charge in [-0.15, -0.1) is 11.8 Å². The van der Waals surface area contributed by atoms with Crippen LogP contribution in [0.25, 0.3) is 11.3 Å². The summed E-state index contributed by atoms with van der Waals surface area (Å²) in [5, 5.41) is 9.70. The van der Waals surface area contributed by atoms with Crippen molar-refractivity contribution in [2.75, 3.05) is 36.0 Å². The molecule has 5 rings (SSSR count). The number of anilines is 2. The number of para-hydroxylation sites is 1. The van der Waals surface area contributed by atoms with E-state index in [2.05, 4.69) is 28.0 Å². The molecule has 1 aromatic heterocycles. The maximum Gasteiger partial charge on any atom is 0.356 e. The minimum atomic E-state index is -0.548. The number of hydrogen-bond donors (Lipinski definition) is 0. The Morgan fingerprint density at radius 1 is 0.931 bits per heavy atom. The fourth-order valence-electron chi connectivity index (χ4n) is 4.12. The van der Waals surface area contributed by atoms with Crippen LogP contribution in [-0.2, 0) is 5.75 Å². The Morgan fingerprint density at radius 2 is 1.62 bits per heavy atom. The summed E-state index contributed by atoms with van der Waals surface area (Å²) in [7, 11) is 0. The third-order valence-corrected chi connectivity index (χ3v) is 6.63. The number of rotatable bonds is 2. The Balaban J connectivity index is 1.54. The first-order chi connectivity index (χ1) is 14.3. The number of fused-ring (bicyclic) bond motifs is 3. The molecule has 0 bridgehead atoms. The minimum Gasteiger partial charge on any atom is -0.421 e. The molecular weight excluding hydrogens is 382 g/mol. The number of benzene rings is 2. The van der Waals surface area contributed by atoms with E-state index in [-0.39, 0.29) is 5.56 Å². The molecule has 144 valence electrons. The second-order valence-electron chi connectivity index (χ2n) is 7.13. The first-order valence-electron chi connectivity index (χ1n) is 9.63. The predicted molar refractivity (Wildman–Crippen MR) is 116 cm³/mol. The van der Waals surface area contributed by atoms with Crippen LogP contribution in [0.5, 0.6) is 0 Å². The van der Waals surface area contributed by atoms with Gasteiger partial charge in [0.25, 0.3) is 0 Å². The first-order valence-corrected chi connectivity index (χ1v) is 10.6. The molecule has 0 N–H and O–H groups in total. The lowest BCUT2D eigenvalue weighted by molar-refractivity contribution is 0.515. The van der Waals surface area contributed by atoms with Crippen LogP contribution in [0, 0.1) is 11.3 Å². The van der Waals surface area contributed by atoms with Crippen LogP contribution >= 0.6 is 11.8 Å². The summed E-state index contributed by atoms with van der Waals surface area (Å²) in [4.78, 5) is 18.3. The van der Waals surface area contributed by atoms with Crippen LogP contribution < -0.4 is 15.4 Å². The van der Waals surface area contributed by atoms with E-state index < -0.39 is 5.63 Å². The Bertz CT molecular complexity index is 1160. The van der Waals surface area contributed by atoms with Crippen LogP contribution in [-0.4, -0.2) is 26.2 Å². The number of nitrogens with zero attached hydrogens (tertiary/aromatic N) is 3. The summed E-state index contributed by atoms with van der Waals surface area (Å²) >= 11 is 1.72. The summed E-state index contributed by atoms with van der Waals surface area (Å²) < 4.78 is 5.64. The minimum absolute atomic E-state index is 0.122. The second kappa shape index (κ2) is 7.34. The normalized spacial score (nSPS) is 15.4. The Hall–Kier alpha value is -3.17. The number of piperazine rings is 1. The van der Waals surface area contributed by atoms with Crippen molar-refractivity contribution >= 4 is 23.1 Å². The highest BCUT2D eigenvalue weighted by molar-refractivity contribution is 7.98. The number of hydrogen-bond acceptors (Lipinski definition) is 6. The highest BCUT2D eigenvalue weighted by Gasteiger charge is 2.30. The zero-order chi connectivity index (χ0) is 19.8. The highest BCUT2D eigenvalue weighted by Crippen LogP contribution is 2.45. The molecule has 2 aliphatic rings. The molecule has 0 unspecified atom stereocenters. The Kier molecular flexibility index (Phi) is 4.53. The molecule has 3 heterocycles. The summed E-state index contributed by atoms with van der Waals surface area (Å²) in [6.07, 6.45) is 0. The summed E-state index contributed by atoms with van der Waals surface area (Å²) in [5.74, 6) is 1.31. The molecule has 3 aromatic rings. The summed E-state index contributed by atoms with van der Waals surface area (Å²) in [6, 6.07) is 20.4. The van der Waals surface area contributed by atoms with Crippen LogP contribution in [0.1, 0.15) is 11.1 Å². The molecule has 0 amide bonds. The van der Waals surface area contributed by atoms with E-state index in [1.807, 2.05) is 42.5 Å². The van der Waals surface area contributed by atoms with E-state index in [0.29, 0.717) is 11.5 Å². The van der Waals surface area contributed by atoms with Gasteiger partial charge in [-0.1, -0.05) is 36.4 Å². The van der Waals surface area contributed by atoms with E-state index in [1.165, 1.54) is 5.69 Å². The zero-order valence-electron chi connectivity index (χ0n) is 15.8. The first kappa shape index (κ1) is 17.9. The third-order valence-electron chi connectivity index (χ3n) is 5.53. The molecule has 1 fully saturated rings. The quantitative estimate of drug-likeness (QED) is 0.644. The van der Waals surface area contributed by atoms with Gasteiger partial charge in [-0.25, -0.2) is 4.79 Å². The molecule has 1 saturated heterocycles. The van der Waals surface area contributed by atoms with Crippen LogP contribution in [0.4, 0.5) is 11.4 Å². The highest BCUT2D eigenvalue weighted by atomic mass is 32.2. The van der Waals surface area contributed by atoms with Gasteiger partial charge in [0.1, 0.15) is 11.8 Å². The third kappa shape index (κ3) is 3.08. The van der Waals surface area contributed by atoms with Crippen molar-refractivity contribution in [3.63, 3.8) is 0 Å². The molecule has 0 aliphatic carbocycles. The molecule has 0 saturated carbocycles.